The Labute approximate surface area is 118 Å². The molecule has 0 aliphatic heterocycles. The lowest BCUT2D eigenvalue weighted by atomic mass is 10.0. The van der Waals surface area contributed by atoms with Gasteiger partial charge in [0.1, 0.15) is 5.01 Å². The second-order valence-electron chi connectivity index (χ2n) is 4.91. The monoisotopic (exact) mass is 298 g/mol. The molecule has 2 aromatic rings. The van der Waals surface area contributed by atoms with Gasteiger partial charge in [-0.3, -0.25) is 0 Å². The summed E-state index contributed by atoms with van der Waals surface area (Å²) in [5, 5.41) is 0.627. The lowest BCUT2D eigenvalue weighted by molar-refractivity contribution is 0.444. The van der Waals surface area contributed by atoms with Gasteiger partial charge in [0, 0.05) is 4.88 Å². The van der Waals surface area contributed by atoms with Crippen LogP contribution in [0.4, 0.5) is 13.2 Å². The van der Waals surface area contributed by atoms with E-state index in [-0.39, 0.29) is 5.56 Å². The first-order valence-corrected chi connectivity index (χ1v) is 7.26. The summed E-state index contributed by atoms with van der Waals surface area (Å²) in [7, 11) is 0. The number of rotatable bonds is 2. The van der Waals surface area contributed by atoms with E-state index in [1.54, 1.807) is 0 Å². The maximum atomic E-state index is 13.3. The van der Waals surface area contributed by atoms with Gasteiger partial charge in [-0.05, 0) is 43.4 Å². The van der Waals surface area contributed by atoms with Crippen LogP contribution in [0.5, 0.6) is 0 Å². The van der Waals surface area contributed by atoms with Gasteiger partial charge in [-0.25, -0.2) is 18.2 Å². The molecule has 0 spiro atoms. The van der Waals surface area contributed by atoms with Gasteiger partial charge in [0.25, 0.3) is 0 Å². The highest BCUT2D eigenvalue weighted by molar-refractivity contribution is 7.11. The van der Waals surface area contributed by atoms with Crippen molar-refractivity contribution in [1.82, 2.24) is 4.98 Å². The summed E-state index contributed by atoms with van der Waals surface area (Å²) in [4.78, 5) is 5.66. The Morgan fingerprint density at radius 1 is 1.10 bits per heavy atom. The second-order valence-corrected chi connectivity index (χ2v) is 6.02. The highest BCUT2D eigenvalue weighted by atomic mass is 32.1. The van der Waals surface area contributed by atoms with Crippen molar-refractivity contribution < 1.29 is 13.2 Å². The van der Waals surface area contributed by atoms with Crippen LogP contribution in [0, 0.1) is 17.5 Å². The second kappa shape index (κ2) is 5.18. The first-order valence-electron chi connectivity index (χ1n) is 6.44. The van der Waals surface area contributed by atoms with Gasteiger partial charge in [0.05, 0.1) is 11.7 Å². The molecule has 0 saturated heterocycles. The zero-order valence-corrected chi connectivity index (χ0v) is 11.4. The van der Waals surface area contributed by atoms with Crippen LogP contribution in [0.1, 0.15) is 40.0 Å². The third kappa shape index (κ3) is 2.33. The summed E-state index contributed by atoms with van der Waals surface area (Å²) in [5.41, 5.74) is 7.25. The van der Waals surface area contributed by atoms with Crippen molar-refractivity contribution in [3.63, 3.8) is 0 Å². The number of hydrogen-bond donors (Lipinski definition) is 1. The number of halogens is 3. The molecule has 1 unspecified atom stereocenters. The number of nitrogens with two attached hydrogens (primary N) is 1. The molecular weight excluding hydrogens is 285 g/mol. The van der Waals surface area contributed by atoms with Gasteiger partial charge < -0.3 is 5.73 Å². The largest absolute Gasteiger partial charge is 0.318 e. The predicted octanol–water partition coefficient (Wildman–Crippen LogP) is 3.49. The predicted molar refractivity (Wildman–Crippen MR) is 71.1 cm³/mol. The average molecular weight is 298 g/mol. The van der Waals surface area contributed by atoms with Gasteiger partial charge >= 0.3 is 0 Å². The molecule has 0 bridgehead atoms. The van der Waals surface area contributed by atoms with Crippen molar-refractivity contribution in [3.8, 4) is 0 Å². The Morgan fingerprint density at radius 2 is 1.75 bits per heavy atom. The minimum Gasteiger partial charge on any atom is -0.318 e. The molecule has 0 radical (unpaired) electrons. The molecule has 106 valence electrons. The fourth-order valence-corrected chi connectivity index (χ4v) is 3.59. The summed E-state index contributed by atoms with van der Waals surface area (Å²) in [5.74, 6) is -3.92. The maximum Gasteiger partial charge on any atom is 0.194 e. The summed E-state index contributed by atoms with van der Waals surface area (Å²) in [6.07, 6.45) is 4.13. The third-order valence-corrected chi connectivity index (χ3v) is 4.73. The molecule has 1 aliphatic carbocycles. The first kappa shape index (κ1) is 13.6. The van der Waals surface area contributed by atoms with Crippen LogP contribution in [0.2, 0.25) is 0 Å². The van der Waals surface area contributed by atoms with Crippen molar-refractivity contribution in [2.75, 3.05) is 0 Å². The molecule has 1 aromatic heterocycles. The topological polar surface area (TPSA) is 38.9 Å². The van der Waals surface area contributed by atoms with Crippen molar-refractivity contribution >= 4 is 11.3 Å². The minimum atomic E-state index is -1.47. The number of aryl methyl sites for hydroxylation is 2. The van der Waals surface area contributed by atoms with E-state index in [4.69, 9.17) is 5.73 Å². The standard InChI is InChI=1S/C14H13F3N2S/c15-8-5-7(6-9(16)12(8)17)13(18)14-19-10-3-1-2-4-11(10)20-14/h5-6,13H,1-4,18H2. The third-order valence-electron chi connectivity index (χ3n) is 3.49. The minimum absolute atomic E-state index is 0.201. The molecule has 1 heterocycles. The summed E-state index contributed by atoms with van der Waals surface area (Å²) >= 11 is 1.48. The van der Waals surface area contributed by atoms with Gasteiger partial charge in [0.15, 0.2) is 17.5 Å². The van der Waals surface area contributed by atoms with Crippen LogP contribution >= 0.6 is 11.3 Å². The molecule has 0 fully saturated rings. The fourth-order valence-electron chi connectivity index (χ4n) is 2.40. The van der Waals surface area contributed by atoms with E-state index in [9.17, 15) is 13.2 Å². The summed E-state index contributed by atoms with van der Waals surface area (Å²) in [6.45, 7) is 0. The maximum absolute atomic E-state index is 13.3. The first-order chi connectivity index (χ1) is 9.56. The molecule has 1 atom stereocenters. The van der Waals surface area contributed by atoms with Crippen molar-refractivity contribution in [2.45, 2.75) is 31.7 Å². The van der Waals surface area contributed by atoms with E-state index < -0.39 is 23.5 Å². The van der Waals surface area contributed by atoms with Crippen LogP contribution in [0.3, 0.4) is 0 Å². The highest BCUT2D eigenvalue weighted by Crippen LogP contribution is 2.32. The molecule has 0 saturated carbocycles. The number of fused-ring (bicyclic) bond motifs is 1. The average Bonchev–Trinajstić information content (AvgIpc) is 2.87. The van der Waals surface area contributed by atoms with E-state index in [0.717, 1.165) is 43.5 Å². The number of nitrogens with zero attached hydrogens (tertiary/aromatic N) is 1. The normalized spacial score (nSPS) is 16.0. The number of hydrogen-bond acceptors (Lipinski definition) is 3. The molecule has 6 heteroatoms. The Morgan fingerprint density at radius 3 is 2.40 bits per heavy atom. The quantitative estimate of drug-likeness (QED) is 0.862. The fraction of sp³-hybridized carbons (Fsp3) is 0.357. The van der Waals surface area contributed by atoms with E-state index in [1.165, 1.54) is 16.2 Å². The summed E-state index contributed by atoms with van der Waals surface area (Å²) < 4.78 is 39.5. The van der Waals surface area contributed by atoms with Gasteiger partial charge in [0.2, 0.25) is 0 Å². The van der Waals surface area contributed by atoms with Crippen LogP contribution in [-0.4, -0.2) is 4.98 Å². The van der Waals surface area contributed by atoms with Crippen LogP contribution in [-0.2, 0) is 12.8 Å². The van der Waals surface area contributed by atoms with Crippen LogP contribution < -0.4 is 5.73 Å². The Balaban J connectivity index is 1.96. The van der Waals surface area contributed by atoms with Gasteiger partial charge in [-0.15, -0.1) is 11.3 Å². The Kier molecular flexibility index (Phi) is 3.52. The summed E-state index contributed by atoms with van der Waals surface area (Å²) in [6, 6.07) is 1.14. The molecule has 20 heavy (non-hydrogen) atoms. The van der Waals surface area contributed by atoms with E-state index >= 15 is 0 Å². The van der Waals surface area contributed by atoms with Crippen molar-refractivity contribution in [1.29, 1.82) is 0 Å². The zero-order chi connectivity index (χ0) is 14.3. The number of aromatic nitrogens is 1. The lowest BCUT2D eigenvalue weighted by Gasteiger charge is -2.09. The highest BCUT2D eigenvalue weighted by Gasteiger charge is 2.22. The molecule has 3 rings (SSSR count). The molecule has 1 aliphatic rings. The van der Waals surface area contributed by atoms with E-state index in [2.05, 4.69) is 4.98 Å². The van der Waals surface area contributed by atoms with Gasteiger partial charge in [-0.2, -0.15) is 0 Å². The van der Waals surface area contributed by atoms with E-state index in [1.807, 2.05) is 0 Å². The molecule has 2 nitrogen and oxygen atoms in total. The van der Waals surface area contributed by atoms with Crippen LogP contribution in [0.15, 0.2) is 12.1 Å². The van der Waals surface area contributed by atoms with Gasteiger partial charge in [-0.1, -0.05) is 0 Å². The molecule has 1 aromatic carbocycles. The van der Waals surface area contributed by atoms with Crippen molar-refractivity contribution in [3.05, 3.63) is 50.7 Å². The SMILES string of the molecule is NC(c1cc(F)c(F)c(F)c1)c1nc2c(s1)CCCC2. The number of thiazole rings is 1. The number of benzene rings is 1. The Bertz CT molecular complexity index is 607. The Hall–Kier alpha value is -1.40. The molecule has 0 amide bonds. The zero-order valence-electron chi connectivity index (χ0n) is 10.6. The van der Waals surface area contributed by atoms with Crippen LogP contribution in [0.25, 0.3) is 0 Å². The van der Waals surface area contributed by atoms with Crippen molar-refractivity contribution in [2.24, 2.45) is 5.73 Å². The smallest absolute Gasteiger partial charge is 0.194 e. The van der Waals surface area contributed by atoms with E-state index in [0.29, 0.717) is 5.01 Å². The lowest BCUT2D eigenvalue weighted by Crippen LogP contribution is -2.13. The molecule has 2 N–H and O–H groups in total. The molecular formula is C14H13F3N2S.